The number of urea groups is 1. The average molecular weight is 350 g/mol. The van der Waals surface area contributed by atoms with Crippen molar-refractivity contribution in [3.8, 4) is 5.82 Å². The first-order chi connectivity index (χ1) is 12.7. The lowest BCUT2D eigenvalue weighted by molar-refractivity contribution is 0.188. The molecule has 134 valence electrons. The molecule has 2 amide bonds. The van der Waals surface area contributed by atoms with Crippen molar-refractivity contribution in [2.24, 2.45) is 0 Å². The molecule has 3 aromatic rings. The van der Waals surface area contributed by atoms with Gasteiger partial charge in [-0.05, 0) is 35.7 Å². The molecule has 1 unspecified atom stereocenters. The molecule has 3 rings (SSSR count). The smallest absolute Gasteiger partial charge is 0.317 e. The molecule has 1 atom stereocenters. The standard InChI is InChI=1S/C19H22N6O/c1-3-17(16-6-8-20-9-7-16)24(2)19(26)23-13-15-4-5-18(22-12-15)25-11-10-21-14-25/h4-12,14,17H,3,13H2,1-2H3,(H,23,26). The summed E-state index contributed by atoms with van der Waals surface area (Å²) >= 11 is 0. The topological polar surface area (TPSA) is 75.9 Å². The van der Waals surface area contributed by atoms with Gasteiger partial charge in [0.2, 0.25) is 0 Å². The van der Waals surface area contributed by atoms with Gasteiger partial charge in [0.05, 0.1) is 6.04 Å². The molecule has 1 N–H and O–H groups in total. The van der Waals surface area contributed by atoms with E-state index in [1.165, 1.54) is 0 Å². The van der Waals surface area contributed by atoms with Gasteiger partial charge in [0.15, 0.2) is 0 Å². The number of nitrogens with zero attached hydrogens (tertiary/aromatic N) is 5. The van der Waals surface area contributed by atoms with Crippen molar-refractivity contribution in [1.82, 2.24) is 29.7 Å². The lowest BCUT2D eigenvalue weighted by Crippen LogP contribution is -2.39. The molecule has 0 bridgehead atoms. The van der Waals surface area contributed by atoms with Crippen LogP contribution in [0.2, 0.25) is 0 Å². The van der Waals surface area contributed by atoms with Crippen LogP contribution in [0.1, 0.15) is 30.5 Å². The van der Waals surface area contributed by atoms with Crippen LogP contribution in [0.3, 0.4) is 0 Å². The van der Waals surface area contributed by atoms with Crippen molar-refractivity contribution in [3.05, 3.63) is 72.7 Å². The molecule has 0 spiro atoms. The summed E-state index contributed by atoms with van der Waals surface area (Å²) in [4.78, 5) is 26.7. The van der Waals surface area contributed by atoms with Crippen LogP contribution >= 0.6 is 0 Å². The molecule has 0 fully saturated rings. The molecule has 0 aliphatic heterocycles. The van der Waals surface area contributed by atoms with Gasteiger partial charge in [-0.25, -0.2) is 14.8 Å². The highest BCUT2D eigenvalue weighted by molar-refractivity contribution is 5.74. The third-order valence-electron chi connectivity index (χ3n) is 4.29. The normalized spacial score (nSPS) is 11.8. The Labute approximate surface area is 152 Å². The van der Waals surface area contributed by atoms with Gasteiger partial charge < -0.3 is 10.2 Å². The van der Waals surface area contributed by atoms with Gasteiger partial charge in [-0.2, -0.15) is 0 Å². The summed E-state index contributed by atoms with van der Waals surface area (Å²) in [6.45, 7) is 2.49. The van der Waals surface area contributed by atoms with Crippen molar-refractivity contribution >= 4 is 6.03 Å². The number of amides is 2. The zero-order valence-electron chi connectivity index (χ0n) is 14.9. The third-order valence-corrected chi connectivity index (χ3v) is 4.29. The summed E-state index contributed by atoms with van der Waals surface area (Å²) in [6.07, 6.45) is 11.3. The number of imidazole rings is 1. The van der Waals surface area contributed by atoms with Gasteiger partial charge in [0.25, 0.3) is 0 Å². The Balaban J connectivity index is 1.59. The van der Waals surface area contributed by atoms with E-state index in [1.54, 1.807) is 36.0 Å². The van der Waals surface area contributed by atoms with E-state index in [1.807, 2.05) is 42.1 Å². The SMILES string of the molecule is CCC(c1ccncc1)N(C)C(=O)NCc1ccc(-n2ccnc2)nc1. The Morgan fingerprint density at radius 3 is 2.62 bits per heavy atom. The van der Waals surface area contributed by atoms with Crippen LogP contribution in [-0.2, 0) is 6.54 Å². The van der Waals surface area contributed by atoms with Crippen molar-refractivity contribution in [3.63, 3.8) is 0 Å². The Bertz CT molecular complexity index is 817. The first-order valence-electron chi connectivity index (χ1n) is 8.53. The number of carbonyl (C=O) groups is 1. The van der Waals surface area contributed by atoms with E-state index < -0.39 is 0 Å². The van der Waals surface area contributed by atoms with Gasteiger partial charge in [-0.3, -0.25) is 9.55 Å². The van der Waals surface area contributed by atoms with Gasteiger partial charge in [-0.15, -0.1) is 0 Å². The monoisotopic (exact) mass is 350 g/mol. The molecule has 0 aromatic carbocycles. The number of rotatable bonds is 6. The van der Waals surface area contributed by atoms with E-state index in [2.05, 4.69) is 27.2 Å². The summed E-state index contributed by atoms with van der Waals surface area (Å²) in [5, 5.41) is 2.95. The number of nitrogens with one attached hydrogen (secondary N) is 1. The number of carbonyl (C=O) groups excluding carboxylic acids is 1. The summed E-state index contributed by atoms with van der Waals surface area (Å²) in [6, 6.07) is 7.63. The fraction of sp³-hybridized carbons (Fsp3) is 0.263. The second kappa shape index (κ2) is 8.24. The van der Waals surface area contributed by atoms with E-state index in [4.69, 9.17) is 0 Å². The third kappa shape index (κ3) is 4.05. The number of hydrogen-bond donors (Lipinski definition) is 1. The highest BCUT2D eigenvalue weighted by Crippen LogP contribution is 2.22. The predicted octanol–water partition coefficient (Wildman–Crippen LogP) is 2.96. The first kappa shape index (κ1) is 17.6. The molecule has 7 nitrogen and oxygen atoms in total. The summed E-state index contributed by atoms with van der Waals surface area (Å²) < 4.78 is 1.83. The van der Waals surface area contributed by atoms with Crippen LogP contribution in [0.25, 0.3) is 5.82 Å². The van der Waals surface area contributed by atoms with Crippen molar-refractivity contribution in [1.29, 1.82) is 0 Å². The van der Waals surface area contributed by atoms with E-state index in [0.29, 0.717) is 6.54 Å². The van der Waals surface area contributed by atoms with Crippen LogP contribution in [0.15, 0.2) is 61.6 Å². The Kier molecular flexibility index (Phi) is 5.58. The summed E-state index contributed by atoms with van der Waals surface area (Å²) in [5.41, 5.74) is 2.01. The van der Waals surface area contributed by atoms with Crippen LogP contribution in [0.4, 0.5) is 4.79 Å². The van der Waals surface area contributed by atoms with Crippen molar-refractivity contribution < 1.29 is 4.79 Å². The number of pyridine rings is 2. The lowest BCUT2D eigenvalue weighted by atomic mass is 10.1. The molecule has 0 saturated heterocycles. The zero-order valence-corrected chi connectivity index (χ0v) is 14.9. The second-order valence-electron chi connectivity index (χ2n) is 5.97. The quantitative estimate of drug-likeness (QED) is 0.741. The van der Waals surface area contributed by atoms with E-state index in [-0.39, 0.29) is 12.1 Å². The van der Waals surface area contributed by atoms with Crippen LogP contribution in [0, 0.1) is 0 Å². The highest BCUT2D eigenvalue weighted by atomic mass is 16.2. The van der Waals surface area contributed by atoms with Crippen molar-refractivity contribution in [2.45, 2.75) is 25.9 Å². The Morgan fingerprint density at radius 1 is 1.19 bits per heavy atom. The zero-order chi connectivity index (χ0) is 18.4. The lowest BCUT2D eigenvalue weighted by Gasteiger charge is -2.27. The summed E-state index contributed by atoms with van der Waals surface area (Å²) in [7, 11) is 1.81. The molecule has 7 heteroatoms. The van der Waals surface area contributed by atoms with Crippen LogP contribution < -0.4 is 5.32 Å². The molecule has 0 radical (unpaired) electrons. The maximum absolute atomic E-state index is 12.5. The minimum absolute atomic E-state index is 0.0136. The fourth-order valence-corrected chi connectivity index (χ4v) is 2.83. The first-order valence-corrected chi connectivity index (χ1v) is 8.53. The van der Waals surface area contributed by atoms with E-state index >= 15 is 0 Å². The van der Waals surface area contributed by atoms with Gasteiger partial charge in [-0.1, -0.05) is 13.0 Å². The average Bonchev–Trinajstić information content (AvgIpc) is 3.22. The maximum atomic E-state index is 12.5. The fourth-order valence-electron chi connectivity index (χ4n) is 2.83. The summed E-state index contributed by atoms with van der Waals surface area (Å²) in [5.74, 6) is 0.790. The van der Waals surface area contributed by atoms with Gasteiger partial charge in [0, 0.05) is 44.6 Å². The predicted molar refractivity (Wildman–Crippen MR) is 98.6 cm³/mol. The molecule has 0 aliphatic carbocycles. The second-order valence-corrected chi connectivity index (χ2v) is 5.97. The molecule has 26 heavy (non-hydrogen) atoms. The minimum atomic E-state index is -0.118. The van der Waals surface area contributed by atoms with E-state index in [9.17, 15) is 4.79 Å². The van der Waals surface area contributed by atoms with Gasteiger partial charge >= 0.3 is 6.03 Å². The maximum Gasteiger partial charge on any atom is 0.317 e. The highest BCUT2D eigenvalue weighted by Gasteiger charge is 2.19. The number of hydrogen-bond acceptors (Lipinski definition) is 4. The van der Waals surface area contributed by atoms with Crippen LogP contribution in [-0.4, -0.2) is 37.5 Å². The molecule has 0 aliphatic rings. The molecule has 3 aromatic heterocycles. The Hall–Kier alpha value is -3.22. The largest absolute Gasteiger partial charge is 0.334 e. The van der Waals surface area contributed by atoms with Crippen LogP contribution in [0.5, 0.6) is 0 Å². The number of aromatic nitrogens is 4. The molecule has 3 heterocycles. The minimum Gasteiger partial charge on any atom is -0.334 e. The molecular formula is C19H22N6O. The van der Waals surface area contributed by atoms with Gasteiger partial charge in [0.1, 0.15) is 12.1 Å². The molecular weight excluding hydrogens is 328 g/mol. The van der Waals surface area contributed by atoms with E-state index in [0.717, 1.165) is 23.4 Å². The molecule has 0 saturated carbocycles. The Morgan fingerprint density at radius 2 is 2.00 bits per heavy atom. The van der Waals surface area contributed by atoms with Crippen molar-refractivity contribution in [2.75, 3.05) is 7.05 Å².